The molecule has 3 nitrogen and oxygen atoms in total. The lowest BCUT2D eigenvalue weighted by atomic mass is 10.2. The molecule has 0 unspecified atom stereocenters. The van der Waals surface area contributed by atoms with Crippen molar-refractivity contribution < 1.29 is 13.6 Å². The van der Waals surface area contributed by atoms with Crippen LogP contribution in [0, 0.1) is 0 Å². The summed E-state index contributed by atoms with van der Waals surface area (Å²) >= 11 is 3.24. The van der Waals surface area contributed by atoms with Crippen LogP contribution in [0.5, 0.6) is 0 Å². The highest BCUT2D eigenvalue weighted by Gasteiger charge is 2.30. The highest BCUT2D eigenvalue weighted by Crippen LogP contribution is 2.29. The zero-order valence-corrected chi connectivity index (χ0v) is 9.62. The second-order valence-electron chi connectivity index (χ2n) is 3.23. The number of carbonyl (C=O) groups is 1. The quantitative estimate of drug-likeness (QED) is 0.824. The number of hydrogen-bond acceptors (Lipinski definition) is 2. The number of hydrogen-bond donors (Lipinski definition) is 0. The fourth-order valence-corrected chi connectivity index (χ4v) is 1.83. The maximum absolute atomic E-state index is 12.4. The fraction of sp³-hybridized carbons (Fsp3) is 0.200. The van der Waals surface area contributed by atoms with Crippen LogP contribution in [-0.2, 0) is 4.79 Å². The van der Waals surface area contributed by atoms with Crippen molar-refractivity contribution >= 4 is 33.2 Å². The molecule has 0 aromatic heterocycles. The molecule has 2 rings (SSSR count). The van der Waals surface area contributed by atoms with Crippen molar-refractivity contribution in [3.63, 3.8) is 0 Å². The lowest BCUT2D eigenvalue weighted by molar-refractivity contribution is -0.117. The minimum absolute atomic E-state index is 0.320. The van der Waals surface area contributed by atoms with Gasteiger partial charge in [0.1, 0.15) is 5.71 Å². The van der Waals surface area contributed by atoms with Crippen LogP contribution in [0.25, 0.3) is 0 Å². The molecule has 0 atom stereocenters. The van der Waals surface area contributed by atoms with Crippen molar-refractivity contribution in [3.05, 3.63) is 28.7 Å². The van der Waals surface area contributed by atoms with Crippen LogP contribution in [0.4, 0.5) is 14.5 Å². The van der Waals surface area contributed by atoms with E-state index >= 15 is 0 Å². The van der Waals surface area contributed by atoms with Gasteiger partial charge in [0.05, 0.1) is 12.1 Å². The van der Waals surface area contributed by atoms with Crippen LogP contribution >= 0.6 is 15.9 Å². The maximum Gasteiger partial charge on any atom is 0.278 e. The predicted molar refractivity (Wildman–Crippen MR) is 59.7 cm³/mol. The Hall–Kier alpha value is -1.30. The summed E-state index contributed by atoms with van der Waals surface area (Å²) in [5, 5.41) is 4.63. The number of anilines is 1. The number of hydrazone groups is 1. The molecule has 1 amide bonds. The largest absolute Gasteiger partial charge is 0.278 e. The SMILES string of the molecule is O=C1CC(C(F)F)=NN1c1ccccc1Br. The molecule has 16 heavy (non-hydrogen) atoms. The molecule has 0 spiro atoms. The first-order valence-corrected chi connectivity index (χ1v) is 5.32. The summed E-state index contributed by atoms with van der Waals surface area (Å²) < 4.78 is 25.4. The molecule has 1 aromatic rings. The van der Waals surface area contributed by atoms with Crippen molar-refractivity contribution in [1.82, 2.24) is 0 Å². The molecule has 1 aliphatic rings. The second kappa shape index (κ2) is 4.29. The van der Waals surface area contributed by atoms with Gasteiger partial charge in [0.15, 0.2) is 0 Å². The Morgan fingerprint density at radius 3 is 2.62 bits per heavy atom. The van der Waals surface area contributed by atoms with Gasteiger partial charge >= 0.3 is 0 Å². The first-order chi connectivity index (χ1) is 7.59. The first-order valence-electron chi connectivity index (χ1n) is 4.52. The molecule has 84 valence electrons. The molecule has 6 heteroatoms. The van der Waals surface area contributed by atoms with Crippen molar-refractivity contribution in [3.8, 4) is 0 Å². The second-order valence-corrected chi connectivity index (χ2v) is 4.08. The zero-order chi connectivity index (χ0) is 11.7. The third-order valence-corrected chi connectivity index (χ3v) is 2.80. The molecule has 0 radical (unpaired) electrons. The van der Waals surface area contributed by atoms with E-state index in [1.807, 2.05) is 0 Å². The fourth-order valence-electron chi connectivity index (χ4n) is 1.38. The average Bonchev–Trinajstić information content (AvgIpc) is 2.61. The van der Waals surface area contributed by atoms with E-state index < -0.39 is 12.3 Å². The van der Waals surface area contributed by atoms with E-state index in [-0.39, 0.29) is 12.1 Å². The Labute approximate surface area is 98.9 Å². The lowest BCUT2D eigenvalue weighted by Gasteiger charge is -2.12. The Balaban J connectivity index is 2.36. The monoisotopic (exact) mass is 288 g/mol. The van der Waals surface area contributed by atoms with Crippen molar-refractivity contribution in [2.75, 3.05) is 5.01 Å². The van der Waals surface area contributed by atoms with E-state index in [4.69, 9.17) is 0 Å². The summed E-state index contributed by atoms with van der Waals surface area (Å²) in [5.74, 6) is -0.442. The Morgan fingerprint density at radius 1 is 1.38 bits per heavy atom. The highest BCUT2D eigenvalue weighted by molar-refractivity contribution is 9.10. The highest BCUT2D eigenvalue weighted by atomic mass is 79.9. The Morgan fingerprint density at radius 2 is 2.06 bits per heavy atom. The molecular weight excluding hydrogens is 282 g/mol. The number of benzene rings is 1. The van der Waals surface area contributed by atoms with Gasteiger partial charge in [-0.3, -0.25) is 4.79 Å². The summed E-state index contributed by atoms with van der Waals surface area (Å²) in [6.45, 7) is 0. The van der Waals surface area contributed by atoms with Gasteiger partial charge in [-0.05, 0) is 28.1 Å². The summed E-state index contributed by atoms with van der Waals surface area (Å²) in [4.78, 5) is 11.5. The molecule has 0 fully saturated rings. The number of carbonyl (C=O) groups excluding carboxylic acids is 1. The van der Waals surface area contributed by atoms with Crippen LogP contribution in [0.2, 0.25) is 0 Å². The van der Waals surface area contributed by atoms with E-state index in [1.54, 1.807) is 24.3 Å². The molecule has 0 aliphatic carbocycles. The Kier molecular flexibility index (Phi) is 3.00. The van der Waals surface area contributed by atoms with E-state index in [0.717, 1.165) is 5.01 Å². The normalized spacial score (nSPS) is 15.9. The molecular formula is C10H7BrF2N2O. The van der Waals surface area contributed by atoms with Gasteiger partial charge in [-0.1, -0.05) is 12.1 Å². The van der Waals surface area contributed by atoms with Crippen molar-refractivity contribution in [1.29, 1.82) is 0 Å². The molecule has 1 heterocycles. The summed E-state index contributed by atoms with van der Waals surface area (Å²) in [5.41, 5.74) is 0.0869. The first kappa shape index (κ1) is 11.2. The van der Waals surface area contributed by atoms with Crippen LogP contribution in [0.1, 0.15) is 6.42 Å². The number of halogens is 3. The molecule has 0 saturated heterocycles. The van der Waals surface area contributed by atoms with Crippen molar-refractivity contribution in [2.24, 2.45) is 5.10 Å². The van der Waals surface area contributed by atoms with E-state index in [0.29, 0.717) is 10.2 Å². The third-order valence-electron chi connectivity index (χ3n) is 2.13. The number of alkyl halides is 2. The average molecular weight is 289 g/mol. The molecule has 0 N–H and O–H groups in total. The third kappa shape index (κ3) is 1.97. The van der Waals surface area contributed by atoms with Gasteiger partial charge in [-0.25, -0.2) is 8.78 Å². The smallest absolute Gasteiger partial charge is 0.272 e. The lowest BCUT2D eigenvalue weighted by Crippen LogP contribution is -2.19. The molecule has 1 aliphatic heterocycles. The van der Waals surface area contributed by atoms with Crippen LogP contribution in [-0.4, -0.2) is 18.0 Å². The van der Waals surface area contributed by atoms with E-state index in [9.17, 15) is 13.6 Å². The minimum atomic E-state index is -2.68. The zero-order valence-electron chi connectivity index (χ0n) is 8.03. The number of amides is 1. The summed E-state index contributed by atoms with van der Waals surface area (Å²) in [6, 6.07) is 6.84. The van der Waals surface area contributed by atoms with E-state index in [1.165, 1.54) is 0 Å². The topological polar surface area (TPSA) is 32.7 Å². The van der Waals surface area contributed by atoms with Gasteiger partial charge < -0.3 is 0 Å². The molecule has 1 aromatic carbocycles. The van der Waals surface area contributed by atoms with Crippen LogP contribution < -0.4 is 5.01 Å². The minimum Gasteiger partial charge on any atom is -0.272 e. The predicted octanol–water partition coefficient (Wildman–Crippen LogP) is 2.81. The summed E-state index contributed by atoms with van der Waals surface area (Å²) in [6.07, 6.45) is -3.00. The number of rotatable bonds is 2. The standard InChI is InChI=1S/C10H7BrF2N2O/c11-6-3-1-2-4-8(6)15-9(16)5-7(14-15)10(12)13/h1-4,10H,5H2. The molecule has 0 saturated carbocycles. The van der Waals surface area contributed by atoms with Gasteiger partial charge in [-0.15, -0.1) is 0 Å². The van der Waals surface area contributed by atoms with Gasteiger partial charge in [-0.2, -0.15) is 10.1 Å². The summed E-state index contributed by atoms with van der Waals surface area (Å²) in [7, 11) is 0. The van der Waals surface area contributed by atoms with Gasteiger partial charge in [0.2, 0.25) is 0 Å². The van der Waals surface area contributed by atoms with Gasteiger partial charge in [0, 0.05) is 4.47 Å². The molecule has 0 bridgehead atoms. The number of para-hydroxylation sites is 1. The van der Waals surface area contributed by atoms with Crippen molar-refractivity contribution in [2.45, 2.75) is 12.8 Å². The maximum atomic E-state index is 12.4. The number of nitrogens with zero attached hydrogens (tertiary/aromatic N) is 2. The van der Waals surface area contributed by atoms with Crippen LogP contribution in [0.15, 0.2) is 33.8 Å². The van der Waals surface area contributed by atoms with Gasteiger partial charge in [0.25, 0.3) is 12.3 Å². The Bertz CT molecular complexity index is 462. The van der Waals surface area contributed by atoms with Crippen LogP contribution in [0.3, 0.4) is 0 Å². The van der Waals surface area contributed by atoms with E-state index in [2.05, 4.69) is 21.0 Å².